The Bertz CT molecular complexity index is 1100. The predicted molar refractivity (Wildman–Crippen MR) is 118 cm³/mol. The van der Waals surface area contributed by atoms with Gasteiger partial charge in [-0.15, -0.1) is 11.3 Å². The number of aryl methyl sites for hydroxylation is 1. The van der Waals surface area contributed by atoms with E-state index >= 15 is 0 Å². The number of carbonyl (C=O) groups is 1. The summed E-state index contributed by atoms with van der Waals surface area (Å²) in [5, 5.41) is 9.65. The van der Waals surface area contributed by atoms with Gasteiger partial charge in [-0.1, -0.05) is 12.1 Å². The maximum atomic E-state index is 12.4. The normalized spacial score (nSPS) is 12.1. The van der Waals surface area contributed by atoms with Crippen LogP contribution in [0.15, 0.2) is 60.5 Å². The highest BCUT2D eigenvalue weighted by Crippen LogP contribution is 2.33. The summed E-state index contributed by atoms with van der Waals surface area (Å²) in [6.45, 7) is 5.06. The van der Waals surface area contributed by atoms with Crippen LogP contribution < -0.4 is 5.32 Å². The molecule has 0 aliphatic rings. The van der Waals surface area contributed by atoms with Gasteiger partial charge < -0.3 is 9.88 Å². The van der Waals surface area contributed by atoms with E-state index in [1.165, 1.54) is 0 Å². The van der Waals surface area contributed by atoms with Crippen LogP contribution in [0.2, 0.25) is 0 Å². The molecule has 1 amide bonds. The van der Waals surface area contributed by atoms with Crippen molar-refractivity contribution in [2.24, 2.45) is 0 Å². The van der Waals surface area contributed by atoms with E-state index in [0.29, 0.717) is 19.5 Å². The van der Waals surface area contributed by atoms with Gasteiger partial charge in [-0.2, -0.15) is 5.10 Å². The fraction of sp³-hybridized carbons (Fsp3) is 0.273. The van der Waals surface area contributed by atoms with E-state index in [1.807, 2.05) is 59.8 Å². The standard InChI is InChI=1S/C22H24N6OS/c1-16(27-11-9-23-17(27)2)14-21(29)25-10-12-28-22(20-7-5-13-30-20)18(15-26-28)19-6-3-4-8-24-19/h3-9,11,13,15-16H,10,12,14H2,1-2H3,(H,25,29). The maximum Gasteiger partial charge on any atom is 0.222 e. The van der Waals surface area contributed by atoms with Crippen molar-refractivity contribution in [3.8, 4) is 21.8 Å². The number of amides is 1. The lowest BCUT2D eigenvalue weighted by atomic mass is 10.1. The number of nitrogens with zero attached hydrogens (tertiary/aromatic N) is 5. The molecule has 0 bridgehead atoms. The molecule has 0 aliphatic heterocycles. The molecule has 1 atom stereocenters. The summed E-state index contributed by atoms with van der Waals surface area (Å²) in [6, 6.07) is 10.0. The molecular weight excluding hydrogens is 396 g/mol. The SMILES string of the molecule is Cc1nccn1C(C)CC(=O)NCCn1ncc(-c2ccccn2)c1-c1cccs1. The Kier molecular flexibility index (Phi) is 6.04. The average Bonchev–Trinajstić information content (AvgIpc) is 3.49. The van der Waals surface area contributed by atoms with Crippen LogP contribution in [0.1, 0.15) is 25.2 Å². The Labute approximate surface area is 179 Å². The first-order chi connectivity index (χ1) is 14.6. The second-order valence-electron chi connectivity index (χ2n) is 7.11. The summed E-state index contributed by atoms with van der Waals surface area (Å²) in [5.41, 5.74) is 2.91. The Hall–Kier alpha value is -3.26. The number of thiophene rings is 1. The van der Waals surface area contributed by atoms with E-state index in [4.69, 9.17) is 0 Å². The molecule has 8 heteroatoms. The largest absolute Gasteiger partial charge is 0.354 e. The highest BCUT2D eigenvalue weighted by Gasteiger charge is 2.17. The van der Waals surface area contributed by atoms with Crippen LogP contribution in [-0.2, 0) is 11.3 Å². The van der Waals surface area contributed by atoms with Crippen molar-refractivity contribution in [1.82, 2.24) is 29.6 Å². The molecule has 4 aromatic heterocycles. The zero-order valence-electron chi connectivity index (χ0n) is 17.0. The smallest absolute Gasteiger partial charge is 0.222 e. The van der Waals surface area contributed by atoms with Gasteiger partial charge in [0.1, 0.15) is 5.82 Å². The first kappa shape index (κ1) is 20.0. The van der Waals surface area contributed by atoms with E-state index < -0.39 is 0 Å². The molecule has 0 spiro atoms. The van der Waals surface area contributed by atoms with Gasteiger partial charge in [-0.3, -0.25) is 14.5 Å². The van der Waals surface area contributed by atoms with Crippen molar-refractivity contribution in [2.45, 2.75) is 32.9 Å². The number of pyridine rings is 1. The minimum atomic E-state index is 0.0189. The van der Waals surface area contributed by atoms with E-state index in [1.54, 1.807) is 23.7 Å². The molecule has 7 nitrogen and oxygen atoms in total. The maximum absolute atomic E-state index is 12.4. The Morgan fingerprint density at radius 3 is 2.80 bits per heavy atom. The van der Waals surface area contributed by atoms with Gasteiger partial charge in [0.15, 0.2) is 0 Å². The molecule has 1 unspecified atom stereocenters. The number of imidazole rings is 1. The first-order valence-electron chi connectivity index (χ1n) is 9.90. The van der Waals surface area contributed by atoms with Gasteiger partial charge in [-0.25, -0.2) is 4.98 Å². The third-order valence-corrected chi connectivity index (χ3v) is 5.88. The summed E-state index contributed by atoms with van der Waals surface area (Å²) in [4.78, 5) is 22.2. The number of hydrogen-bond donors (Lipinski definition) is 1. The van der Waals surface area contributed by atoms with Crippen LogP contribution in [-0.4, -0.2) is 36.8 Å². The average molecular weight is 421 g/mol. The Morgan fingerprint density at radius 1 is 1.20 bits per heavy atom. The molecule has 0 saturated carbocycles. The number of aromatic nitrogens is 5. The van der Waals surface area contributed by atoms with E-state index in [2.05, 4.69) is 31.8 Å². The van der Waals surface area contributed by atoms with Crippen LogP contribution >= 0.6 is 11.3 Å². The molecule has 154 valence electrons. The van der Waals surface area contributed by atoms with Gasteiger partial charge in [0.05, 0.1) is 29.0 Å². The number of hydrogen-bond acceptors (Lipinski definition) is 5. The van der Waals surface area contributed by atoms with Crippen LogP contribution in [0.5, 0.6) is 0 Å². The third kappa shape index (κ3) is 4.33. The molecule has 4 aromatic rings. The molecule has 30 heavy (non-hydrogen) atoms. The van der Waals surface area contributed by atoms with Crippen LogP contribution in [0.25, 0.3) is 21.8 Å². The van der Waals surface area contributed by atoms with Crippen LogP contribution in [0.3, 0.4) is 0 Å². The molecule has 0 saturated heterocycles. The van der Waals surface area contributed by atoms with Gasteiger partial charge in [0.25, 0.3) is 0 Å². The minimum Gasteiger partial charge on any atom is -0.354 e. The topological polar surface area (TPSA) is 77.6 Å². The molecule has 4 heterocycles. The number of nitrogens with one attached hydrogen (secondary N) is 1. The first-order valence-corrected chi connectivity index (χ1v) is 10.8. The van der Waals surface area contributed by atoms with Crippen molar-refractivity contribution in [2.75, 3.05) is 6.54 Å². The summed E-state index contributed by atoms with van der Waals surface area (Å²) >= 11 is 1.67. The fourth-order valence-electron chi connectivity index (χ4n) is 3.53. The Balaban J connectivity index is 1.43. The van der Waals surface area contributed by atoms with Gasteiger partial charge >= 0.3 is 0 Å². The summed E-state index contributed by atoms with van der Waals surface area (Å²) in [6.07, 6.45) is 7.71. The highest BCUT2D eigenvalue weighted by atomic mass is 32.1. The third-order valence-electron chi connectivity index (χ3n) is 5.00. The van der Waals surface area contributed by atoms with Crippen molar-refractivity contribution < 1.29 is 4.79 Å². The lowest BCUT2D eigenvalue weighted by Crippen LogP contribution is -2.29. The lowest BCUT2D eigenvalue weighted by molar-refractivity contribution is -0.121. The summed E-state index contributed by atoms with van der Waals surface area (Å²) < 4.78 is 3.96. The molecule has 4 rings (SSSR count). The van der Waals surface area contributed by atoms with E-state index in [-0.39, 0.29) is 11.9 Å². The molecule has 1 N–H and O–H groups in total. The van der Waals surface area contributed by atoms with E-state index in [9.17, 15) is 4.79 Å². The monoisotopic (exact) mass is 420 g/mol. The van der Waals surface area contributed by atoms with Crippen molar-refractivity contribution in [3.05, 3.63) is 66.3 Å². The molecule has 0 aromatic carbocycles. The summed E-state index contributed by atoms with van der Waals surface area (Å²) in [7, 11) is 0. The zero-order valence-corrected chi connectivity index (χ0v) is 17.8. The lowest BCUT2D eigenvalue weighted by Gasteiger charge is -2.15. The molecule has 0 fully saturated rings. The highest BCUT2D eigenvalue weighted by molar-refractivity contribution is 7.13. The van der Waals surface area contributed by atoms with Gasteiger partial charge in [0, 0.05) is 43.2 Å². The van der Waals surface area contributed by atoms with E-state index in [0.717, 1.165) is 27.7 Å². The van der Waals surface area contributed by atoms with Gasteiger partial charge in [-0.05, 0) is 37.4 Å². The number of carbonyl (C=O) groups excluding carboxylic acids is 1. The zero-order chi connectivity index (χ0) is 20.9. The molecular formula is C22H24N6OS. The Morgan fingerprint density at radius 2 is 2.10 bits per heavy atom. The summed E-state index contributed by atoms with van der Waals surface area (Å²) in [5.74, 6) is 0.930. The van der Waals surface area contributed by atoms with Crippen molar-refractivity contribution >= 4 is 17.2 Å². The second-order valence-corrected chi connectivity index (χ2v) is 8.05. The van der Waals surface area contributed by atoms with Crippen LogP contribution in [0, 0.1) is 6.92 Å². The minimum absolute atomic E-state index is 0.0189. The molecule has 0 aliphatic carbocycles. The molecule has 0 radical (unpaired) electrons. The second kappa shape index (κ2) is 9.04. The fourth-order valence-corrected chi connectivity index (χ4v) is 4.32. The number of rotatable bonds is 8. The predicted octanol–water partition coefficient (Wildman–Crippen LogP) is 3.95. The van der Waals surface area contributed by atoms with Crippen molar-refractivity contribution in [1.29, 1.82) is 0 Å². The quantitative estimate of drug-likeness (QED) is 0.468. The van der Waals surface area contributed by atoms with Crippen molar-refractivity contribution in [3.63, 3.8) is 0 Å². The van der Waals surface area contributed by atoms with Crippen LogP contribution in [0.4, 0.5) is 0 Å². The van der Waals surface area contributed by atoms with Gasteiger partial charge in [0.2, 0.25) is 5.91 Å².